The number of carboxylic acids is 1. The Balaban J connectivity index is 0.918. The lowest BCUT2D eigenvalue weighted by Gasteiger charge is -2.36. The number of carbonyl (C=O) groups is 10. The van der Waals surface area contributed by atoms with Gasteiger partial charge in [-0.2, -0.15) is 0 Å². The summed E-state index contributed by atoms with van der Waals surface area (Å²) >= 11 is 0. The molecule has 9 amide bonds. The molecule has 13 atom stereocenters. The van der Waals surface area contributed by atoms with Crippen molar-refractivity contribution >= 4 is 90.7 Å². The summed E-state index contributed by atoms with van der Waals surface area (Å²) in [6.45, 7) is 9.29. The number of aliphatic hydroxyl groups is 1. The fraction of sp³-hybridized carbons (Fsp3) is 0.439. The number of rotatable bonds is 17. The average molecular weight is 1590 g/mol. The molecule has 11 N–H and O–H groups in total. The van der Waals surface area contributed by atoms with Crippen LogP contribution in [-0.4, -0.2) is 221 Å². The summed E-state index contributed by atoms with van der Waals surface area (Å²) < 4.78 is 49.1. The Labute approximate surface area is 660 Å². The van der Waals surface area contributed by atoms with Crippen molar-refractivity contribution in [2.45, 2.75) is 183 Å². The Morgan fingerprint density at radius 1 is 0.605 bits per heavy atom. The van der Waals surface area contributed by atoms with Gasteiger partial charge in [-0.05, 0) is 127 Å². The summed E-state index contributed by atoms with van der Waals surface area (Å²) in [5.41, 5.74) is 1.55. The number of aliphatic carboxylic acids is 1. The van der Waals surface area contributed by atoms with Gasteiger partial charge in [0, 0.05) is 51.6 Å². The number of likely N-dealkylation sites (N-methyl/N-ethyl adjacent to an activating group) is 2. The lowest BCUT2D eigenvalue weighted by Crippen LogP contribution is -2.60. The minimum atomic E-state index is -4.19. The van der Waals surface area contributed by atoms with Gasteiger partial charge < -0.3 is 76.8 Å². The number of ether oxygens (including phenoxy) is 3. The highest BCUT2D eigenvalue weighted by Gasteiger charge is 2.49. The molecule has 7 aromatic rings. The largest absolute Gasteiger partial charge is 0.490 e. The zero-order valence-electron chi connectivity index (χ0n) is 64.9. The van der Waals surface area contributed by atoms with Crippen molar-refractivity contribution in [3.05, 3.63) is 180 Å². The number of aliphatic hydroxyl groups excluding tert-OH is 1. The second-order valence-corrected chi connectivity index (χ2v) is 32.6. The highest BCUT2D eigenvalue weighted by molar-refractivity contribution is 7.91. The van der Waals surface area contributed by atoms with E-state index < -0.39 is 158 Å². The predicted molar refractivity (Wildman–Crippen MR) is 421 cm³/mol. The minimum absolute atomic E-state index is 0.0151. The van der Waals surface area contributed by atoms with Crippen LogP contribution in [-0.2, 0) is 95.0 Å². The van der Waals surface area contributed by atoms with E-state index in [4.69, 9.17) is 14.2 Å². The van der Waals surface area contributed by atoms with Gasteiger partial charge in [-0.15, -0.1) is 5.10 Å². The number of amides is 9. The number of aromatic nitrogens is 3. The van der Waals surface area contributed by atoms with Crippen LogP contribution in [0.5, 0.6) is 11.5 Å². The number of likely N-dealkylation sites (tertiary alicyclic amines) is 2. The first-order valence-corrected chi connectivity index (χ1v) is 39.8. The van der Waals surface area contributed by atoms with Gasteiger partial charge in [0.2, 0.25) is 57.3 Å². The van der Waals surface area contributed by atoms with E-state index in [-0.39, 0.29) is 71.4 Å². The lowest BCUT2D eigenvalue weighted by molar-refractivity contribution is -0.145. The number of hydrogen-bond acceptors (Lipinski definition) is 20. The second kappa shape index (κ2) is 37.2. The van der Waals surface area contributed by atoms with Crippen molar-refractivity contribution in [1.82, 2.24) is 72.1 Å². The molecule has 10 bridgehead atoms. The molecule has 1 aliphatic carbocycles. The number of carboxylic acid groups (broad SMARTS) is 1. The minimum Gasteiger partial charge on any atom is -0.490 e. The third kappa shape index (κ3) is 21.6. The molecule has 1 saturated carbocycles. The Hall–Kier alpha value is -11.2. The summed E-state index contributed by atoms with van der Waals surface area (Å²) in [4.78, 5) is 148. The standard InChI is InChI=1S/C82H100N14O17S/c1-47(83-7)72(98)89-70(49(3)97)79(105)95-45-62-42-69(95)78(104)87-64(39-52-19-25-54-15-9-11-17-56(54)35-52)74(100)85-66(76(102)92-114(109,110)63-31-32-63)37-50-23-29-61(30-24-50)113-46-58-43-96(93-91-58)59-41-68(94(44-59)80(106)71(82(4,5)6)90-73(99)48(2)84-8)77(103)86-65(40-53-20-26-55-16-10-12-18-57(55)36-53)75(101)88-67(81(107)108)38-51-21-27-60(28-22-51)111-33-13-14-34-112-62/h9-30,35-36,43,47-49,59,62-71,83-84,97H,31-34,37-42,44-46H2,1-8H3,(H,85,100)(H,86,103)(H,87,104)(H,88,101)(H,89,98)(H,90,99)(H,92,102)(H,107,108)/b14-13-/t47-,48-,49+,59-,62?,64-,65-,66-,67-,68-,69?,70+,71+/m0/s1. The van der Waals surface area contributed by atoms with Crippen molar-refractivity contribution in [3.8, 4) is 11.5 Å². The van der Waals surface area contributed by atoms with Crippen molar-refractivity contribution in [3.63, 3.8) is 0 Å². The number of fused-ring (bicyclic) bond motifs is 2. The Morgan fingerprint density at radius 3 is 1.65 bits per heavy atom. The van der Waals surface area contributed by atoms with Gasteiger partial charge in [0.1, 0.15) is 78.7 Å². The summed E-state index contributed by atoms with van der Waals surface area (Å²) in [7, 11) is -1.05. The molecule has 6 aromatic carbocycles. The monoisotopic (exact) mass is 1580 g/mol. The van der Waals surface area contributed by atoms with Crippen LogP contribution in [0.15, 0.2) is 152 Å². The molecule has 7 heterocycles. The van der Waals surface area contributed by atoms with Gasteiger partial charge in [0.25, 0.3) is 5.91 Å². The van der Waals surface area contributed by atoms with E-state index in [9.17, 15) is 47.4 Å². The summed E-state index contributed by atoms with van der Waals surface area (Å²) in [6, 6.07) is 25.4. The molecule has 32 heteroatoms. The molecule has 7 aliphatic rings. The van der Waals surface area contributed by atoms with Crippen LogP contribution in [0.2, 0.25) is 0 Å². The lowest BCUT2D eigenvalue weighted by atomic mass is 9.85. The Kier molecular flexibility index (Phi) is 27.3. The zero-order chi connectivity index (χ0) is 81.7. The highest BCUT2D eigenvalue weighted by atomic mass is 32.2. The predicted octanol–water partition coefficient (Wildman–Crippen LogP) is 2.76. The third-order valence-corrected chi connectivity index (χ3v) is 22.9. The summed E-state index contributed by atoms with van der Waals surface area (Å²) in [5.74, 6) is -7.54. The van der Waals surface area contributed by atoms with Crippen LogP contribution < -0.4 is 56.7 Å². The molecule has 6 aliphatic heterocycles. The molecule has 3 fully saturated rings. The SMILES string of the molecule is CN[C@@H](C)C(=O)N[C@H](C(=O)N1C[C@@H]2C[C@H]1C(=O)N[C@@H](Cc1ccc3ccccc3c1)C(=O)N[C@H](C(=O)O)Cc1ccc(cc1)OC/C=C\COC1CC(C(=O)N[C@@H](Cc3ccc4ccccc4c3)C(=O)N[C@H](C(=O)NS(=O)(=O)C3CC3)Cc3ccc(cc3)OCc3cn2nn3)N(C(=O)[C@H](NC(=O)[C@H](C)NC)[C@@H](C)O)C1)C(C)(C)C. The maximum absolute atomic E-state index is 15.3. The molecule has 114 heavy (non-hydrogen) atoms. The number of nitrogens with zero attached hydrogens (tertiary/aromatic N) is 5. The number of benzene rings is 6. The molecule has 1 aromatic heterocycles. The molecular formula is C82H100N14O17S. The van der Waals surface area contributed by atoms with E-state index in [0.717, 1.165) is 21.5 Å². The smallest absolute Gasteiger partial charge is 0.326 e. The van der Waals surface area contributed by atoms with E-state index in [0.29, 0.717) is 52.3 Å². The molecule has 0 radical (unpaired) electrons. The molecule has 31 nitrogen and oxygen atoms in total. The van der Waals surface area contributed by atoms with Gasteiger partial charge in [-0.25, -0.2) is 17.9 Å². The van der Waals surface area contributed by atoms with E-state index in [1.807, 2.05) is 72.8 Å². The van der Waals surface area contributed by atoms with Crippen LogP contribution in [0.25, 0.3) is 21.5 Å². The van der Waals surface area contributed by atoms with E-state index in [2.05, 4.69) is 57.6 Å². The molecular weight excluding hydrogens is 1490 g/mol. The molecule has 606 valence electrons. The van der Waals surface area contributed by atoms with Gasteiger partial charge in [-0.3, -0.25) is 47.9 Å². The third-order valence-electron chi connectivity index (χ3n) is 21.0. The molecule has 0 spiro atoms. The number of hydrogen-bond donors (Lipinski definition) is 11. The summed E-state index contributed by atoms with van der Waals surface area (Å²) in [5, 5.41) is 55.6. The second-order valence-electron chi connectivity index (χ2n) is 30.7. The quantitative estimate of drug-likeness (QED) is 0.0584. The molecule has 2 saturated heterocycles. The number of nitrogens with one attached hydrogen (secondary N) is 9. The fourth-order valence-electron chi connectivity index (χ4n) is 14.0. The number of carbonyl (C=O) groups excluding carboxylic acids is 9. The maximum atomic E-state index is 15.3. The van der Waals surface area contributed by atoms with Gasteiger partial charge >= 0.3 is 5.97 Å². The normalized spacial score (nSPS) is 22.8. The Morgan fingerprint density at radius 2 is 1.11 bits per heavy atom. The number of sulfonamides is 1. The van der Waals surface area contributed by atoms with Crippen LogP contribution in [0.4, 0.5) is 0 Å². The van der Waals surface area contributed by atoms with Crippen molar-refractivity contribution in [2.24, 2.45) is 5.41 Å². The summed E-state index contributed by atoms with van der Waals surface area (Å²) in [6.07, 6.45) is 2.29. The first kappa shape index (κ1) is 83.7. The van der Waals surface area contributed by atoms with Crippen molar-refractivity contribution in [1.29, 1.82) is 0 Å². The first-order valence-electron chi connectivity index (χ1n) is 38.2. The first-order chi connectivity index (χ1) is 54.4. The van der Waals surface area contributed by atoms with Crippen LogP contribution in [0, 0.1) is 5.41 Å². The van der Waals surface area contributed by atoms with Crippen LogP contribution in [0.3, 0.4) is 0 Å². The van der Waals surface area contributed by atoms with E-state index in [1.165, 1.54) is 21.4 Å². The van der Waals surface area contributed by atoms with E-state index >= 15 is 19.2 Å². The fourth-order valence-corrected chi connectivity index (χ4v) is 15.3. The van der Waals surface area contributed by atoms with Crippen molar-refractivity contribution < 1.29 is 80.8 Å². The zero-order valence-corrected chi connectivity index (χ0v) is 65.7. The van der Waals surface area contributed by atoms with Crippen molar-refractivity contribution in [2.75, 3.05) is 40.4 Å². The topological polar surface area (TPSA) is 418 Å². The van der Waals surface area contributed by atoms with Gasteiger partial charge in [0.15, 0.2) is 0 Å². The van der Waals surface area contributed by atoms with Crippen LogP contribution in [0.1, 0.15) is 101 Å². The van der Waals surface area contributed by atoms with Gasteiger partial charge in [-0.1, -0.05) is 141 Å². The Bertz CT molecular complexity index is 4820. The van der Waals surface area contributed by atoms with E-state index in [1.54, 1.807) is 128 Å². The molecule has 14 rings (SSSR count). The average Bonchev–Trinajstić information content (AvgIpc) is 1.64. The molecule has 2 unspecified atom stereocenters. The van der Waals surface area contributed by atoms with Crippen LogP contribution >= 0.6 is 0 Å². The van der Waals surface area contributed by atoms with Gasteiger partial charge in [0.05, 0.1) is 48.4 Å². The highest BCUT2D eigenvalue weighted by Crippen LogP contribution is 2.33. The maximum Gasteiger partial charge on any atom is 0.326 e.